The van der Waals surface area contributed by atoms with Crippen LogP contribution in [-0.2, 0) is 4.74 Å². The van der Waals surface area contributed by atoms with E-state index in [-0.39, 0.29) is 11.8 Å². The second-order valence-electron chi connectivity index (χ2n) is 6.58. The number of halogens is 2. The highest BCUT2D eigenvalue weighted by Gasteiger charge is 2.23. The fourth-order valence-corrected chi connectivity index (χ4v) is 2.42. The van der Waals surface area contributed by atoms with Crippen molar-refractivity contribution in [3.05, 3.63) is 46.3 Å². The number of carbonyl (C=O) groups is 2. The number of rotatable bonds is 3. The highest BCUT2D eigenvalue weighted by Crippen LogP contribution is 2.26. The molecule has 2 rings (SSSR count). The first-order valence-corrected chi connectivity index (χ1v) is 8.96. The van der Waals surface area contributed by atoms with E-state index in [4.69, 9.17) is 27.9 Å². The number of hydrogen-bond donors (Lipinski definition) is 1. The lowest BCUT2D eigenvalue weighted by Gasteiger charge is -2.26. The maximum atomic E-state index is 12.4. The minimum Gasteiger partial charge on any atom is -0.442 e. The van der Waals surface area contributed by atoms with Crippen molar-refractivity contribution in [2.75, 3.05) is 6.54 Å². The molecule has 1 N–H and O–H groups in total. The zero-order valence-electron chi connectivity index (χ0n) is 15.4. The second-order valence-corrected chi connectivity index (χ2v) is 7.32. The summed E-state index contributed by atoms with van der Waals surface area (Å²) in [5, 5.41) is 1.54. The van der Waals surface area contributed by atoms with E-state index in [1.165, 1.54) is 6.20 Å². The summed E-state index contributed by atoms with van der Waals surface area (Å²) in [5.41, 5.74) is 3.38. The lowest BCUT2D eigenvalue weighted by Crippen LogP contribution is -2.48. The fraction of sp³-hybridized carbons (Fsp3) is 0.333. The minimum atomic E-state index is -0.658. The van der Waals surface area contributed by atoms with Crippen LogP contribution < -0.4 is 5.43 Å². The number of aromatic nitrogens is 2. The molecule has 0 radical (unpaired) electrons. The number of nitrogens with zero attached hydrogens (tertiary/aromatic N) is 3. The van der Waals surface area contributed by atoms with Crippen LogP contribution in [0.4, 0.5) is 4.79 Å². The molecule has 27 heavy (non-hydrogen) atoms. The Morgan fingerprint density at radius 2 is 1.81 bits per heavy atom. The van der Waals surface area contributed by atoms with Crippen LogP contribution in [0.5, 0.6) is 0 Å². The van der Waals surface area contributed by atoms with Crippen LogP contribution in [0.2, 0.25) is 10.3 Å². The van der Waals surface area contributed by atoms with Crippen molar-refractivity contribution in [1.29, 1.82) is 0 Å². The van der Waals surface area contributed by atoms with E-state index < -0.39 is 17.6 Å². The molecule has 0 fully saturated rings. The molecule has 2 amide bonds. The molecular weight excluding hydrogens is 391 g/mol. The van der Waals surface area contributed by atoms with Gasteiger partial charge in [0.15, 0.2) is 0 Å². The number of ether oxygens (including phenoxy) is 1. The maximum absolute atomic E-state index is 12.4. The van der Waals surface area contributed by atoms with Crippen LogP contribution >= 0.6 is 23.2 Å². The van der Waals surface area contributed by atoms with E-state index in [1.807, 2.05) is 0 Å². The molecule has 1 aromatic carbocycles. The van der Waals surface area contributed by atoms with Crippen LogP contribution in [0.15, 0.2) is 30.5 Å². The van der Waals surface area contributed by atoms with Crippen molar-refractivity contribution in [1.82, 2.24) is 20.4 Å². The van der Waals surface area contributed by atoms with Gasteiger partial charge in [-0.2, -0.15) is 0 Å². The van der Waals surface area contributed by atoms with Gasteiger partial charge in [0.2, 0.25) is 5.28 Å². The van der Waals surface area contributed by atoms with E-state index in [2.05, 4.69) is 15.4 Å². The third kappa shape index (κ3) is 5.80. The van der Waals surface area contributed by atoms with Crippen molar-refractivity contribution in [3.8, 4) is 11.3 Å². The Kier molecular flexibility index (Phi) is 6.62. The molecule has 0 aliphatic carbocycles. The van der Waals surface area contributed by atoms with Gasteiger partial charge in [-0.3, -0.25) is 10.2 Å². The highest BCUT2D eigenvalue weighted by atomic mass is 35.5. The molecular formula is C18H20Cl2N4O3. The van der Waals surface area contributed by atoms with Crippen molar-refractivity contribution in [2.45, 2.75) is 33.3 Å². The molecule has 0 aliphatic rings. The summed E-state index contributed by atoms with van der Waals surface area (Å²) in [6, 6.07) is 6.56. The summed E-state index contributed by atoms with van der Waals surface area (Å²) in [5.74, 6) is -0.443. The van der Waals surface area contributed by atoms with Gasteiger partial charge in [0.05, 0.1) is 16.9 Å². The first-order valence-electron chi connectivity index (χ1n) is 8.20. The Labute approximate surface area is 167 Å². The average Bonchev–Trinajstić information content (AvgIpc) is 2.60. The first kappa shape index (κ1) is 20.9. The Hall–Kier alpha value is -2.38. The van der Waals surface area contributed by atoms with Crippen LogP contribution in [0.1, 0.15) is 38.1 Å². The molecule has 144 valence electrons. The smallest absolute Gasteiger partial charge is 0.429 e. The lowest BCUT2D eigenvalue weighted by atomic mass is 10.1. The van der Waals surface area contributed by atoms with E-state index in [0.717, 1.165) is 5.01 Å². The lowest BCUT2D eigenvalue weighted by molar-refractivity contribution is 0.0146. The van der Waals surface area contributed by atoms with Gasteiger partial charge in [0.1, 0.15) is 5.60 Å². The van der Waals surface area contributed by atoms with Gasteiger partial charge in [-0.1, -0.05) is 23.7 Å². The summed E-state index contributed by atoms with van der Waals surface area (Å²) in [6.07, 6.45) is 0.782. The summed E-state index contributed by atoms with van der Waals surface area (Å²) < 4.78 is 5.26. The van der Waals surface area contributed by atoms with E-state index in [1.54, 1.807) is 52.0 Å². The van der Waals surface area contributed by atoms with Gasteiger partial charge < -0.3 is 4.74 Å². The second kappa shape index (κ2) is 8.54. The summed E-state index contributed by atoms with van der Waals surface area (Å²) in [7, 11) is 0. The molecule has 1 heterocycles. The van der Waals surface area contributed by atoms with Crippen molar-refractivity contribution < 1.29 is 14.3 Å². The minimum absolute atomic E-state index is 0.0761. The number of carbonyl (C=O) groups excluding carboxylic acids is 2. The van der Waals surface area contributed by atoms with Crippen LogP contribution in [0.25, 0.3) is 11.3 Å². The highest BCUT2D eigenvalue weighted by molar-refractivity contribution is 6.33. The number of amides is 2. The van der Waals surface area contributed by atoms with Gasteiger partial charge in [-0.05, 0) is 51.4 Å². The van der Waals surface area contributed by atoms with Crippen molar-refractivity contribution in [3.63, 3.8) is 0 Å². The van der Waals surface area contributed by atoms with Crippen LogP contribution in [-0.4, -0.2) is 39.1 Å². The third-order valence-electron chi connectivity index (χ3n) is 3.30. The molecule has 0 atom stereocenters. The van der Waals surface area contributed by atoms with Crippen molar-refractivity contribution >= 4 is 35.2 Å². The summed E-state index contributed by atoms with van der Waals surface area (Å²) >= 11 is 11.9. The standard InChI is InChI=1S/C18H20Cl2N4O3/c1-5-24(17(26)27-18(2,3)4)23-15(25)12-8-6-11(7-9-12)14-13(19)10-21-16(20)22-14/h6-10H,5H2,1-4H3,(H,23,25). The molecule has 0 saturated heterocycles. The molecule has 0 unspecified atom stereocenters. The van der Waals surface area contributed by atoms with Gasteiger partial charge >= 0.3 is 6.09 Å². The molecule has 7 nitrogen and oxygen atoms in total. The zero-order chi connectivity index (χ0) is 20.2. The van der Waals surface area contributed by atoms with Crippen molar-refractivity contribution in [2.24, 2.45) is 0 Å². The molecule has 2 aromatic rings. The van der Waals surface area contributed by atoms with Gasteiger partial charge in [0.25, 0.3) is 5.91 Å². The maximum Gasteiger partial charge on any atom is 0.429 e. The Morgan fingerprint density at radius 3 is 2.37 bits per heavy atom. The van der Waals surface area contributed by atoms with Crippen LogP contribution in [0, 0.1) is 0 Å². The topological polar surface area (TPSA) is 84.4 Å². The van der Waals surface area contributed by atoms with E-state index in [9.17, 15) is 9.59 Å². The largest absolute Gasteiger partial charge is 0.442 e. The molecule has 9 heteroatoms. The Balaban J connectivity index is 2.13. The first-order chi connectivity index (χ1) is 12.6. The van der Waals surface area contributed by atoms with E-state index >= 15 is 0 Å². The average molecular weight is 411 g/mol. The Bertz CT molecular complexity index is 835. The number of hydrogen-bond acceptors (Lipinski definition) is 5. The summed E-state index contributed by atoms with van der Waals surface area (Å²) in [6.45, 7) is 7.25. The van der Waals surface area contributed by atoms with E-state index in [0.29, 0.717) is 21.8 Å². The quantitative estimate of drug-likeness (QED) is 0.600. The number of hydrazine groups is 1. The third-order valence-corrected chi connectivity index (χ3v) is 3.76. The normalized spacial score (nSPS) is 11.0. The predicted octanol–water partition coefficient (Wildman–Crippen LogP) is 4.35. The van der Waals surface area contributed by atoms with Gasteiger partial charge in [-0.15, -0.1) is 0 Å². The fourth-order valence-electron chi connectivity index (χ4n) is 2.09. The number of nitrogens with one attached hydrogen (secondary N) is 1. The molecule has 0 bridgehead atoms. The summed E-state index contributed by atoms with van der Waals surface area (Å²) in [4.78, 5) is 32.4. The molecule has 0 saturated carbocycles. The predicted molar refractivity (Wildman–Crippen MR) is 104 cm³/mol. The SMILES string of the molecule is CCN(NC(=O)c1ccc(-c2nc(Cl)ncc2Cl)cc1)C(=O)OC(C)(C)C. The molecule has 0 aliphatic heterocycles. The van der Waals surface area contributed by atoms with Gasteiger partial charge in [-0.25, -0.2) is 19.8 Å². The molecule has 1 aromatic heterocycles. The zero-order valence-corrected chi connectivity index (χ0v) is 16.9. The Morgan fingerprint density at radius 1 is 1.19 bits per heavy atom. The van der Waals surface area contributed by atoms with Gasteiger partial charge in [0, 0.05) is 17.7 Å². The number of benzene rings is 1. The monoisotopic (exact) mass is 410 g/mol. The van der Waals surface area contributed by atoms with Crippen LogP contribution in [0.3, 0.4) is 0 Å². The molecule has 0 spiro atoms.